The number of nitrogens with two attached hydrogens (primary N) is 1. The zero-order chi connectivity index (χ0) is 22.0. The van der Waals surface area contributed by atoms with Crippen molar-refractivity contribution in [2.24, 2.45) is 5.14 Å². The minimum absolute atomic E-state index is 0.0651. The lowest BCUT2D eigenvalue weighted by molar-refractivity contribution is -0.114. The van der Waals surface area contributed by atoms with Crippen molar-refractivity contribution in [2.45, 2.75) is 11.8 Å². The first-order valence-electron chi connectivity index (χ1n) is 9.66. The largest absolute Gasteiger partial charge is 0.326 e. The van der Waals surface area contributed by atoms with Crippen molar-refractivity contribution in [1.29, 1.82) is 0 Å². The highest BCUT2D eigenvalue weighted by Crippen LogP contribution is 2.36. The average Bonchev–Trinajstić information content (AvgIpc) is 3.19. The molecule has 0 saturated carbocycles. The summed E-state index contributed by atoms with van der Waals surface area (Å²) in [4.78, 5) is 11.4. The molecule has 0 aliphatic carbocycles. The van der Waals surface area contributed by atoms with Gasteiger partial charge in [-0.25, -0.2) is 19.0 Å². The SMILES string of the molecule is CC(=O)Nc1ccc(C2=C(c3ccc(S(N)(=O)=O)cc3)N(c3ccccc3)NC2)cc1. The van der Waals surface area contributed by atoms with Crippen LogP contribution in [0.25, 0.3) is 11.3 Å². The fourth-order valence-corrected chi connectivity index (χ4v) is 4.07. The Morgan fingerprint density at radius 1 is 0.935 bits per heavy atom. The summed E-state index contributed by atoms with van der Waals surface area (Å²) in [5.41, 5.74) is 8.89. The highest BCUT2D eigenvalue weighted by molar-refractivity contribution is 7.89. The van der Waals surface area contributed by atoms with E-state index < -0.39 is 10.0 Å². The van der Waals surface area contributed by atoms with Crippen molar-refractivity contribution in [1.82, 2.24) is 5.43 Å². The molecule has 1 heterocycles. The molecule has 0 aromatic heterocycles. The van der Waals surface area contributed by atoms with Crippen molar-refractivity contribution in [2.75, 3.05) is 16.9 Å². The monoisotopic (exact) mass is 434 g/mol. The quantitative estimate of drug-likeness (QED) is 0.572. The highest BCUT2D eigenvalue weighted by Gasteiger charge is 2.26. The molecule has 0 saturated heterocycles. The molecule has 0 fully saturated rings. The number of carbonyl (C=O) groups is 1. The maximum Gasteiger partial charge on any atom is 0.238 e. The van der Waals surface area contributed by atoms with Crippen LogP contribution in [-0.4, -0.2) is 20.9 Å². The highest BCUT2D eigenvalue weighted by atomic mass is 32.2. The number of sulfonamides is 1. The first kappa shape index (κ1) is 20.8. The number of benzene rings is 3. The molecule has 7 nitrogen and oxygen atoms in total. The van der Waals surface area contributed by atoms with Crippen LogP contribution in [-0.2, 0) is 14.8 Å². The maximum atomic E-state index is 11.7. The Hall–Kier alpha value is -3.46. The third kappa shape index (κ3) is 4.51. The van der Waals surface area contributed by atoms with Gasteiger partial charge in [0.05, 0.1) is 16.3 Å². The van der Waals surface area contributed by atoms with Gasteiger partial charge in [0.15, 0.2) is 0 Å². The Morgan fingerprint density at radius 2 is 1.55 bits per heavy atom. The van der Waals surface area contributed by atoms with Gasteiger partial charge in [-0.3, -0.25) is 9.80 Å². The van der Waals surface area contributed by atoms with Crippen molar-refractivity contribution in [3.8, 4) is 0 Å². The molecule has 0 atom stereocenters. The molecule has 158 valence electrons. The standard InChI is InChI=1S/C23H22N4O3S/c1-16(28)26-19-11-7-17(8-12-19)22-15-25-27(20-5-3-2-4-6-20)23(22)18-9-13-21(14-10-18)31(24,29)30/h2-14,25H,15H2,1H3,(H,26,28)(H2,24,29,30). The summed E-state index contributed by atoms with van der Waals surface area (Å²) in [6.07, 6.45) is 0. The van der Waals surface area contributed by atoms with Crippen LogP contribution in [0.3, 0.4) is 0 Å². The van der Waals surface area contributed by atoms with E-state index in [9.17, 15) is 13.2 Å². The smallest absolute Gasteiger partial charge is 0.238 e. The summed E-state index contributed by atoms with van der Waals surface area (Å²) in [5, 5.41) is 10.0. The van der Waals surface area contributed by atoms with Gasteiger partial charge >= 0.3 is 0 Å². The normalized spacial score (nSPS) is 14.1. The van der Waals surface area contributed by atoms with E-state index in [0.29, 0.717) is 6.54 Å². The summed E-state index contributed by atoms with van der Waals surface area (Å²) >= 11 is 0. The van der Waals surface area contributed by atoms with E-state index in [0.717, 1.165) is 33.8 Å². The first-order chi connectivity index (χ1) is 14.8. The van der Waals surface area contributed by atoms with E-state index in [-0.39, 0.29) is 10.8 Å². The zero-order valence-corrected chi connectivity index (χ0v) is 17.7. The van der Waals surface area contributed by atoms with Gasteiger partial charge in [0.25, 0.3) is 0 Å². The predicted octanol–water partition coefficient (Wildman–Crippen LogP) is 3.19. The minimum Gasteiger partial charge on any atom is -0.326 e. The van der Waals surface area contributed by atoms with Crippen LogP contribution in [0, 0.1) is 0 Å². The lowest BCUT2D eigenvalue weighted by Gasteiger charge is -2.23. The van der Waals surface area contributed by atoms with Gasteiger partial charge in [0.2, 0.25) is 15.9 Å². The van der Waals surface area contributed by atoms with Crippen LogP contribution < -0.4 is 20.9 Å². The van der Waals surface area contributed by atoms with Gasteiger partial charge in [-0.05, 0) is 42.0 Å². The number of anilines is 2. The van der Waals surface area contributed by atoms with Crippen LogP contribution in [0.2, 0.25) is 0 Å². The molecular weight excluding hydrogens is 412 g/mol. The van der Waals surface area contributed by atoms with Crippen LogP contribution in [0.5, 0.6) is 0 Å². The fraction of sp³-hybridized carbons (Fsp3) is 0.0870. The van der Waals surface area contributed by atoms with Gasteiger partial charge in [0, 0.05) is 30.3 Å². The van der Waals surface area contributed by atoms with Gasteiger partial charge in [-0.2, -0.15) is 0 Å². The molecule has 31 heavy (non-hydrogen) atoms. The van der Waals surface area contributed by atoms with Crippen molar-refractivity contribution >= 4 is 38.6 Å². The van der Waals surface area contributed by atoms with E-state index in [2.05, 4.69) is 10.7 Å². The van der Waals surface area contributed by atoms with Crippen LogP contribution in [0.1, 0.15) is 18.1 Å². The number of hydrazine groups is 1. The first-order valence-corrected chi connectivity index (χ1v) is 11.2. The molecule has 1 amide bonds. The summed E-state index contributed by atoms with van der Waals surface area (Å²) in [7, 11) is -3.77. The minimum atomic E-state index is -3.77. The number of hydrogen-bond donors (Lipinski definition) is 3. The van der Waals surface area contributed by atoms with E-state index in [1.54, 1.807) is 12.1 Å². The van der Waals surface area contributed by atoms with Crippen molar-refractivity contribution < 1.29 is 13.2 Å². The Kier molecular flexibility index (Phi) is 5.60. The summed E-state index contributed by atoms with van der Waals surface area (Å²) in [6, 6.07) is 24.0. The molecule has 3 aromatic carbocycles. The van der Waals surface area contributed by atoms with Gasteiger partial charge in [0.1, 0.15) is 0 Å². The maximum absolute atomic E-state index is 11.7. The number of carbonyl (C=O) groups excluding carboxylic acids is 1. The number of amides is 1. The second-order valence-electron chi connectivity index (χ2n) is 7.16. The number of para-hydroxylation sites is 1. The second kappa shape index (κ2) is 8.35. The average molecular weight is 435 g/mol. The molecule has 1 aliphatic heterocycles. The van der Waals surface area contributed by atoms with Gasteiger partial charge < -0.3 is 5.32 Å². The summed E-state index contributed by atoms with van der Waals surface area (Å²) in [5.74, 6) is -0.125. The lowest BCUT2D eigenvalue weighted by atomic mass is 10.00. The number of rotatable bonds is 5. The Balaban J connectivity index is 1.81. The summed E-state index contributed by atoms with van der Waals surface area (Å²) < 4.78 is 23.3. The number of hydrogen-bond acceptors (Lipinski definition) is 5. The Labute approximate surface area is 181 Å². The van der Waals surface area contributed by atoms with E-state index in [1.165, 1.54) is 19.1 Å². The number of primary sulfonamides is 1. The number of nitrogens with zero attached hydrogens (tertiary/aromatic N) is 1. The molecule has 0 bridgehead atoms. The third-order valence-corrected chi connectivity index (χ3v) is 5.88. The molecule has 0 radical (unpaired) electrons. The van der Waals surface area contributed by atoms with Gasteiger partial charge in [-0.1, -0.05) is 42.5 Å². The molecule has 8 heteroatoms. The molecule has 0 unspecified atom stereocenters. The van der Waals surface area contributed by atoms with E-state index in [1.807, 2.05) is 59.6 Å². The van der Waals surface area contributed by atoms with Crippen LogP contribution >= 0.6 is 0 Å². The van der Waals surface area contributed by atoms with Crippen LogP contribution in [0.4, 0.5) is 11.4 Å². The molecule has 0 spiro atoms. The zero-order valence-electron chi connectivity index (χ0n) is 16.9. The Bertz CT molecular complexity index is 1240. The Morgan fingerprint density at radius 3 is 2.13 bits per heavy atom. The second-order valence-corrected chi connectivity index (χ2v) is 8.72. The third-order valence-electron chi connectivity index (χ3n) is 4.95. The predicted molar refractivity (Wildman–Crippen MR) is 122 cm³/mol. The van der Waals surface area contributed by atoms with Crippen molar-refractivity contribution in [3.63, 3.8) is 0 Å². The number of nitrogens with one attached hydrogen (secondary N) is 2. The molecule has 4 rings (SSSR count). The van der Waals surface area contributed by atoms with E-state index >= 15 is 0 Å². The molecule has 4 N–H and O–H groups in total. The van der Waals surface area contributed by atoms with E-state index in [4.69, 9.17) is 5.14 Å². The topological polar surface area (TPSA) is 105 Å². The molecule has 3 aromatic rings. The van der Waals surface area contributed by atoms with Crippen LogP contribution in [0.15, 0.2) is 83.8 Å². The molecule has 1 aliphatic rings. The fourth-order valence-electron chi connectivity index (χ4n) is 3.56. The molecular formula is C23H22N4O3S. The van der Waals surface area contributed by atoms with Crippen molar-refractivity contribution in [3.05, 3.63) is 90.0 Å². The summed E-state index contributed by atoms with van der Waals surface area (Å²) in [6.45, 7) is 2.05. The lowest BCUT2D eigenvalue weighted by Crippen LogP contribution is -2.31. The van der Waals surface area contributed by atoms with Gasteiger partial charge in [-0.15, -0.1) is 0 Å².